The number of hydrogen-bond acceptors (Lipinski definition) is 1. The normalized spacial score (nSPS) is 10.3. The van der Waals surface area contributed by atoms with Crippen LogP contribution in [0.2, 0.25) is 0 Å². The van der Waals surface area contributed by atoms with Gasteiger partial charge in [0, 0.05) is 21.9 Å². The van der Waals surface area contributed by atoms with Gasteiger partial charge in [-0.15, -0.1) is 0 Å². The topological polar surface area (TPSA) is 12.9 Å². The van der Waals surface area contributed by atoms with Gasteiger partial charge in [0.25, 0.3) is 0 Å². The fraction of sp³-hybridized carbons (Fsp3) is 0.154. The second-order valence-electron chi connectivity index (χ2n) is 3.60. The van der Waals surface area contributed by atoms with Crippen LogP contribution in [0.3, 0.4) is 0 Å². The molecule has 0 bridgehead atoms. The zero-order chi connectivity index (χ0) is 10.8. The Bertz CT molecular complexity index is 492. The molecule has 1 aromatic heterocycles. The number of benzene rings is 1. The Morgan fingerprint density at radius 1 is 1.07 bits per heavy atom. The Kier molecular flexibility index (Phi) is 2.87. The molecule has 0 unspecified atom stereocenters. The first-order valence-corrected chi connectivity index (χ1v) is 5.66. The molecule has 0 aliphatic heterocycles. The lowest BCUT2D eigenvalue weighted by Crippen LogP contribution is -1.89. The lowest BCUT2D eigenvalue weighted by molar-refractivity contribution is 1.20. The number of aromatic nitrogens is 1. The Labute approximate surface area is 98.3 Å². The molecule has 0 aliphatic carbocycles. The van der Waals surface area contributed by atoms with Crippen LogP contribution in [0.15, 0.2) is 41.0 Å². The molecule has 2 aromatic rings. The molecule has 0 atom stereocenters. The summed E-state index contributed by atoms with van der Waals surface area (Å²) in [5, 5.41) is 0. The molecule has 0 amide bonds. The van der Waals surface area contributed by atoms with Crippen molar-refractivity contribution in [1.82, 2.24) is 4.98 Å². The third-order valence-corrected chi connectivity index (χ3v) is 2.98. The molecule has 15 heavy (non-hydrogen) atoms. The van der Waals surface area contributed by atoms with E-state index in [2.05, 4.69) is 52.1 Å². The van der Waals surface area contributed by atoms with Crippen LogP contribution in [0.1, 0.15) is 11.3 Å². The molecule has 0 saturated heterocycles. The lowest BCUT2D eigenvalue weighted by Gasteiger charge is -2.08. The summed E-state index contributed by atoms with van der Waals surface area (Å²) >= 11 is 3.47. The lowest BCUT2D eigenvalue weighted by atomic mass is 10.00. The average molecular weight is 262 g/mol. The summed E-state index contributed by atoms with van der Waals surface area (Å²) in [7, 11) is 0. The maximum Gasteiger partial charge on any atom is 0.0451 e. The molecule has 2 heteroatoms. The third kappa shape index (κ3) is 2.10. The van der Waals surface area contributed by atoms with Crippen molar-refractivity contribution in [3.05, 3.63) is 52.3 Å². The molecular weight excluding hydrogens is 250 g/mol. The molecule has 1 heterocycles. The number of pyridine rings is 1. The first-order valence-electron chi connectivity index (χ1n) is 4.86. The van der Waals surface area contributed by atoms with Crippen molar-refractivity contribution in [2.75, 3.05) is 0 Å². The Morgan fingerprint density at radius 2 is 1.87 bits per heavy atom. The van der Waals surface area contributed by atoms with E-state index in [0.717, 1.165) is 10.2 Å². The van der Waals surface area contributed by atoms with E-state index in [9.17, 15) is 0 Å². The van der Waals surface area contributed by atoms with Gasteiger partial charge in [0.15, 0.2) is 0 Å². The zero-order valence-corrected chi connectivity index (χ0v) is 10.4. The maximum atomic E-state index is 4.31. The van der Waals surface area contributed by atoms with E-state index in [1.807, 2.05) is 19.2 Å². The average Bonchev–Trinajstić information content (AvgIpc) is 2.20. The SMILES string of the molecule is Cc1cc(Br)ccc1-c1cccnc1C. The van der Waals surface area contributed by atoms with Crippen LogP contribution >= 0.6 is 15.9 Å². The van der Waals surface area contributed by atoms with Crippen LogP contribution in [0.5, 0.6) is 0 Å². The Balaban J connectivity index is 2.60. The minimum atomic E-state index is 1.07. The van der Waals surface area contributed by atoms with Gasteiger partial charge in [-0.25, -0.2) is 0 Å². The van der Waals surface area contributed by atoms with Gasteiger partial charge in [0.2, 0.25) is 0 Å². The summed E-state index contributed by atoms with van der Waals surface area (Å²) in [6.45, 7) is 4.16. The van der Waals surface area contributed by atoms with Gasteiger partial charge in [-0.3, -0.25) is 4.98 Å². The monoisotopic (exact) mass is 261 g/mol. The molecule has 1 aromatic carbocycles. The van der Waals surface area contributed by atoms with E-state index in [1.54, 1.807) is 0 Å². The van der Waals surface area contributed by atoms with Crippen LogP contribution in [0, 0.1) is 13.8 Å². The van der Waals surface area contributed by atoms with E-state index in [-0.39, 0.29) is 0 Å². The number of nitrogens with zero attached hydrogens (tertiary/aromatic N) is 1. The highest BCUT2D eigenvalue weighted by atomic mass is 79.9. The third-order valence-electron chi connectivity index (χ3n) is 2.49. The predicted molar refractivity (Wildman–Crippen MR) is 66.8 cm³/mol. The summed E-state index contributed by atoms with van der Waals surface area (Å²) in [5.74, 6) is 0. The van der Waals surface area contributed by atoms with Crippen molar-refractivity contribution in [3.63, 3.8) is 0 Å². The predicted octanol–water partition coefficient (Wildman–Crippen LogP) is 4.13. The maximum absolute atomic E-state index is 4.31. The molecule has 76 valence electrons. The highest BCUT2D eigenvalue weighted by Crippen LogP contribution is 2.27. The van der Waals surface area contributed by atoms with E-state index < -0.39 is 0 Å². The smallest absolute Gasteiger partial charge is 0.0451 e. The molecule has 0 radical (unpaired) electrons. The molecular formula is C13H12BrN. The Hall–Kier alpha value is -1.15. The number of halogens is 1. The standard InChI is InChI=1S/C13H12BrN/c1-9-8-11(14)5-6-12(9)13-4-3-7-15-10(13)2/h3-8H,1-2H3. The largest absolute Gasteiger partial charge is 0.261 e. The van der Waals surface area contributed by atoms with Gasteiger partial charge in [0.1, 0.15) is 0 Å². The summed E-state index contributed by atoms with van der Waals surface area (Å²) in [6.07, 6.45) is 1.83. The molecule has 2 rings (SSSR count). The van der Waals surface area contributed by atoms with Gasteiger partial charge >= 0.3 is 0 Å². The van der Waals surface area contributed by atoms with Gasteiger partial charge in [-0.05, 0) is 43.2 Å². The van der Waals surface area contributed by atoms with Crippen LogP contribution in [0.4, 0.5) is 0 Å². The van der Waals surface area contributed by atoms with E-state index in [4.69, 9.17) is 0 Å². The van der Waals surface area contributed by atoms with Crippen molar-refractivity contribution in [2.24, 2.45) is 0 Å². The van der Waals surface area contributed by atoms with Crippen LogP contribution in [0.25, 0.3) is 11.1 Å². The molecule has 0 fully saturated rings. The molecule has 0 aliphatic rings. The van der Waals surface area contributed by atoms with Gasteiger partial charge < -0.3 is 0 Å². The summed E-state index contributed by atoms with van der Waals surface area (Å²) in [5.41, 5.74) is 4.80. The second kappa shape index (κ2) is 4.15. The number of rotatable bonds is 1. The van der Waals surface area contributed by atoms with Crippen LogP contribution < -0.4 is 0 Å². The van der Waals surface area contributed by atoms with Gasteiger partial charge in [-0.2, -0.15) is 0 Å². The first-order chi connectivity index (χ1) is 7.18. The fourth-order valence-electron chi connectivity index (χ4n) is 1.70. The highest BCUT2D eigenvalue weighted by molar-refractivity contribution is 9.10. The molecule has 0 saturated carbocycles. The van der Waals surface area contributed by atoms with Crippen molar-refractivity contribution < 1.29 is 0 Å². The van der Waals surface area contributed by atoms with Gasteiger partial charge in [0.05, 0.1) is 0 Å². The number of aryl methyl sites for hydroxylation is 2. The minimum Gasteiger partial charge on any atom is -0.261 e. The summed E-state index contributed by atoms with van der Waals surface area (Å²) < 4.78 is 1.12. The van der Waals surface area contributed by atoms with Crippen molar-refractivity contribution >= 4 is 15.9 Å². The number of hydrogen-bond donors (Lipinski definition) is 0. The summed E-state index contributed by atoms with van der Waals surface area (Å²) in [6, 6.07) is 10.4. The molecule has 0 N–H and O–H groups in total. The van der Waals surface area contributed by atoms with Crippen LogP contribution in [-0.4, -0.2) is 4.98 Å². The first kappa shape index (κ1) is 10.4. The van der Waals surface area contributed by atoms with E-state index in [0.29, 0.717) is 0 Å². The van der Waals surface area contributed by atoms with Crippen molar-refractivity contribution in [2.45, 2.75) is 13.8 Å². The highest BCUT2D eigenvalue weighted by Gasteiger charge is 2.05. The Morgan fingerprint density at radius 3 is 2.53 bits per heavy atom. The fourth-order valence-corrected chi connectivity index (χ4v) is 2.17. The zero-order valence-electron chi connectivity index (χ0n) is 8.79. The minimum absolute atomic E-state index is 1.07. The molecule has 1 nitrogen and oxygen atoms in total. The summed E-state index contributed by atoms with van der Waals surface area (Å²) in [4.78, 5) is 4.31. The quantitative estimate of drug-likeness (QED) is 0.753. The van der Waals surface area contributed by atoms with Gasteiger partial charge in [-0.1, -0.05) is 28.1 Å². The van der Waals surface area contributed by atoms with E-state index in [1.165, 1.54) is 16.7 Å². The van der Waals surface area contributed by atoms with E-state index >= 15 is 0 Å². The second-order valence-corrected chi connectivity index (χ2v) is 4.51. The van der Waals surface area contributed by atoms with Crippen LogP contribution in [-0.2, 0) is 0 Å². The molecule has 0 spiro atoms. The van der Waals surface area contributed by atoms with Crippen molar-refractivity contribution in [1.29, 1.82) is 0 Å². The van der Waals surface area contributed by atoms with Crippen molar-refractivity contribution in [3.8, 4) is 11.1 Å².